The fourth-order valence-corrected chi connectivity index (χ4v) is 2.74. The van der Waals surface area contributed by atoms with E-state index in [9.17, 15) is 0 Å². The number of nitrogens with one attached hydrogen (secondary N) is 1. The number of hydrogen-bond donors (Lipinski definition) is 1. The van der Waals surface area contributed by atoms with Gasteiger partial charge in [0, 0.05) is 18.1 Å². The first-order valence-electron chi connectivity index (χ1n) is 6.55. The quantitative estimate of drug-likeness (QED) is 0.739. The number of anilines is 1. The molecule has 0 radical (unpaired) electrons. The minimum Gasteiger partial charge on any atom is -0.383 e. The van der Waals surface area contributed by atoms with E-state index < -0.39 is 0 Å². The second-order valence-corrected chi connectivity index (χ2v) is 4.59. The van der Waals surface area contributed by atoms with E-state index in [0.29, 0.717) is 0 Å². The molecular weight excluding hydrogens is 208 g/mol. The van der Waals surface area contributed by atoms with Gasteiger partial charge in [0.25, 0.3) is 0 Å². The van der Waals surface area contributed by atoms with Crippen molar-refractivity contribution in [3.8, 4) is 0 Å². The zero-order chi connectivity index (χ0) is 11.8. The summed E-state index contributed by atoms with van der Waals surface area (Å²) in [5.41, 5.74) is 3.91. The Kier molecular flexibility index (Phi) is 2.50. The van der Waals surface area contributed by atoms with Gasteiger partial charge in [-0.1, -0.05) is 32.0 Å². The lowest BCUT2D eigenvalue weighted by molar-refractivity contribution is 0.818. The Morgan fingerprint density at radius 3 is 3.00 bits per heavy atom. The molecule has 2 atom stereocenters. The van der Waals surface area contributed by atoms with Crippen LogP contribution >= 0.6 is 0 Å². The molecule has 1 aromatic heterocycles. The van der Waals surface area contributed by atoms with Crippen molar-refractivity contribution in [3.63, 3.8) is 0 Å². The lowest BCUT2D eigenvalue weighted by Crippen LogP contribution is -2.12. The molecule has 2 aromatic rings. The third kappa shape index (κ3) is 1.59. The first-order chi connectivity index (χ1) is 8.43. The Hall–Kier alpha value is -1.57. The van der Waals surface area contributed by atoms with E-state index in [1.165, 1.54) is 23.1 Å². The van der Waals surface area contributed by atoms with Gasteiger partial charge in [0.15, 0.2) is 0 Å². The standard InChI is InChI=1S/C13H12N2.C2H6/c1-2-8-3-4-10-11-6-9(11)7-15-13(10)12(8)14-5-1;1-2/h1-5,9,11,15H,6-7H2;1-2H3. The molecule has 0 amide bonds. The number of fused-ring (bicyclic) bond motifs is 5. The van der Waals surface area contributed by atoms with Gasteiger partial charge >= 0.3 is 0 Å². The van der Waals surface area contributed by atoms with Crippen molar-refractivity contribution in [2.24, 2.45) is 5.92 Å². The molecule has 2 aliphatic rings. The van der Waals surface area contributed by atoms with Crippen LogP contribution in [0.3, 0.4) is 0 Å². The first kappa shape index (κ1) is 10.6. The van der Waals surface area contributed by atoms with Crippen LogP contribution in [-0.4, -0.2) is 11.5 Å². The number of pyridine rings is 1. The summed E-state index contributed by atoms with van der Waals surface area (Å²) in [5, 5.41) is 4.77. The van der Waals surface area contributed by atoms with Gasteiger partial charge in [-0.25, -0.2) is 0 Å². The largest absolute Gasteiger partial charge is 0.383 e. The summed E-state index contributed by atoms with van der Waals surface area (Å²) in [6.45, 7) is 5.13. The summed E-state index contributed by atoms with van der Waals surface area (Å²) in [7, 11) is 0. The van der Waals surface area contributed by atoms with Crippen LogP contribution in [0.15, 0.2) is 30.5 Å². The zero-order valence-electron chi connectivity index (χ0n) is 10.4. The molecule has 0 bridgehead atoms. The highest BCUT2D eigenvalue weighted by atomic mass is 14.9. The highest BCUT2D eigenvalue weighted by molar-refractivity contribution is 5.93. The number of hydrogen-bond acceptors (Lipinski definition) is 2. The Bertz CT molecular complexity index is 548. The van der Waals surface area contributed by atoms with Crippen molar-refractivity contribution in [2.45, 2.75) is 26.2 Å². The molecule has 4 rings (SSSR count). The third-order valence-corrected chi connectivity index (χ3v) is 3.67. The molecular formula is C15H18N2. The molecule has 88 valence electrons. The molecule has 0 spiro atoms. The van der Waals surface area contributed by atoms with Gasteiger partial charge in [-0.05, 0) is 29.9 Å². The van der Waals surface area contributed by atoms with Crippen LogP contribution < -0.4 is 5.32 Å². The van der Waals surface area contributed by atoms with Crippen molar-refractivity contribution in [3.05, 3.63) is 36.0 Å². The van der Waals surface area contributed by atoms with E-state index in [-0.39, 0.29) is 0 Å². The monoisotopic (exact) mass is 226 g/mol. The molecule has 1 aliphatic carbocycles. The lowest BCUT2D eigenvalue weighted by atomic mass is 10.0. The summed E-state index contributed by atoms with van der Waals surface area (Å²) < 4.78 is 0. The topological polar surface area (TPSA) is 24.9 Å². The molecule has 2 unspecified atom stereocenters. The molecule has 2 nitrogen and oxygen atoms in total. The van der Waals surface area contributed by atoms with Crippen molar-refractivity contribution in [1.29, 1.82) is 0 Å². The fourth-order valence-electron chi connectivity index (χ4n) is 2.74. The molecule has 2 heteroatoms. The molecule has 1 aliphatic heterocycles. The normalized spacial score (nSPS) is 23.9. The average molecular weight is 226 g/mol. The maximum absolute atomic E-state index is 4.48. The molecule has 1 N–H and O–H groups in total. The minimum absolute atomic E-state index is 0.813. The second-order valence-electron chi connectivity index (χ2n) is 4.59. The van der Waals surface area contributed by atoms with E-state index in [1.807, 2.05) is 26.1 Å². The molecule has 1 fully saturated rings. The number of aromatic nitrogens is 1. The molecule has 1 aromatic carbocycles. The van der Waals surface area contributed by atoms with Gasteiger partial charge in [0.1, 0.15) is 0 Å². The average Bonchev–Trinajstić information content (AvgIpc) is 3.20. The maximum atomic E-state index is 4.48. The van der Waals surface area contributed by atoms with E-state index in [4.69, 9.17) is 0 Å². The predicted molar refractivity (Wildman–Crippen MR) is 72.4 cm³/mol. The van der Waals surface area contributed by atoms with Gasteiger partial charge in [-0.3, -0.25) is 4.98 Å². The molecule has 2 heterocycles. The molecule has 1 saturated carbocycles. The summed E-state index contributed by atoms with van der Waals surface area (Å²) >= 11 is 0. The predicted octanol–water partition coefficient (Wildman–Crippen LogP) is 3.79. The van der Waals surface area contributed by atoms with Crippen molar-refractivity contribution < 1.29 is 0 Å². The number of nitrogens with zero attached hydrogens (tertiary/aromatic N) is 1. The van der Waals surface area contributed by atoms with E-state index in [2.05, 4.69) is 28.5 Å². The smallest absolute Gasteiger partial charge is 0.0936 e. The van der Waals surface area contributed by atoms with Gasteiger partial charge in [-0.15, -0.1) is 0 Å². The molecule has 0 saturated heterocycles. The van der Waals surface area contributed by atoms with E-state index in [1.54, 1.807) is 0 Å². The van der Waals surface area contributed by atoms with E-state index >= 15 is 0 Å². The third-order valence-electron chi connectivity index (χ3n) is 3.67. The summed E-state index contributed by atoms with van der Waals surface area (Å²) in [6, 6.07) is 8.60. The summed E-state index contributed by atoms with van der Waals surface area (Å²) in [5.74, 6) is 1.70. The lowest BCUT2D eigenvalue weighted by Gasteiger charge is -2.18. The second kappa shape index (κ2) is 4.02. The van der Waals surface area contributed by atoms with Gasteiger partial charge in [-0.2, -0.15) is 0 Å². The Labute approximate surface area is 102 Å². The summed E-state index contributed by atoms with van der Waals surface area (Å²) in [4.78, 5) is 4.48. The Morgan fingerprint density at radius 2 is 2.12 bits per heavy atom. The van der Waals surface area contributed by atoms with Crippen LogP contribution in [0.2, 0.25) is 0 Å². The van der Waals surface area contributed by atoms with Crippen LogP contribution in [0.1, 0.15) is 31.7 Å². The molecule has 17 heavy (non-hydrogen) atoms. The van der Waals surface area contributed by atoms with Crippen LogP contribution in [0.4, 0.5) is 5.69 Å². The number of rotatable bonds is 0. The van der Waals surface area contributed by atoms with Gasteiger partial charge < -0.3 is 5.32 Å². The number of benzene rings is 1. The van der Waals surface area contributed by atoms with Gasteiger partial charge in [0.05, 0.1) is 11.2 Å². The van der Waals surface area contributed by atoms with Crippen molar-refractivity contribution in [2.75, 3.05) is 11.9 Å². The van der Waals surface area contributed by atoms with Crippen LogP contribution in [0.25, 0.3) is 10.9 Å². The highest BCUT2D eigenvalue weighted by Crippen LogP contribution is 2.53. The van der Waals surface area contributed by atoms with Crippen LogP contribution in [-0.2, 0) is 0 Å². The Morgan fingerprint density at radius 1 is 1.24 bits per heavy atom. The van der Waals surface area contributed by atoms with Crippen LogP contribution in [0.5, 0.6) is 0 Å². The first-order valence-corrected chi connectivity index (χ1v) is 6.55. The van der Waals surface area contributed by atoms with Crippen LogP contribution in [0, 0.1) is 5.92 Å². The Balaban J connectivity index is 0.000000431. The fraction of sp³-hybridized carbons (Fsp3) is 0.400. The SMILES string of the molecule is CC.c1cnc2c3c(ccc2c1)C1CC1CN3. The maximum Gasteiger partial charge on any atom is 0.0936 e. The van der Waals surface area contributed by atoms with E-state index in [0.717, 1.165) is 23.9 Å². The van der Waals surface area contributed by atoms with Gasteiger partial charge in [0.2, 0.25) is 0 Å². The summed E-state index contributed by atoms with van der Waals surface area (Å²) in [6.07, 6.45) is 3.24. The minimum atomic E-state index is 0.813. The zero-order valence-corrected chi connectivity index (χ0v) is 10.4. The van der Waals surface area contributed by atoms with Crippen molar-refractivity contribution >= 4 is 16.6 Å². The highest BCUT2D eigenvalue weighted by Gasteiger charge is 2.42. The van der Waals surface area contributed by atoms with Crippen molar-refractivity contribution in [1.82, 2.24) is 4.98 Å².